The Morgan fingerprint density at radius 3 is 2.80 bits per heavy atom. The number of hydrogen-bond acceptors (Lipinski definition) is 3. The zero-order valence-corrected chi connectivity index (χ0v) is 11.0. The zero-order valence-electron chi connectivity index (χ0n) is 10.3. The average Bonchev–Trinajstić information content (AvgIpc) is 2.83. The van der Waals surface area contributed by atoms with Crippen LogP contribution < -0.4 is 0 Å². The molecule has 0 saturated heterocycles. The van der Waals surface area contributed by atoms with Gasteiger partial charge in [0.15, 0.2) is 11.4 Å². The van der Waals surface area contributed by atoms with Crippen LogP contribution >= 0.6 is 11.6 Å². The van der Waals surface area contributed by atoms with Crippen LogP contribution in [0.4, 0.5) is 4.39 Å². The van der Waals surface area contributed by atoms with Crippen LogP contribution in [0.1, 0.15) is 16.2 Å². The van der Waals surface area contributed by atoms with Gasteiger partial charge in [0.2, 0.25) is 5.89 Å². The smallest absolute Gasteiger partial charge is 0.203 e. The fourth-order valence-corrected chi connectivity index (χ4v) is 2.02. The Morgan fingerprint density at radius 1 is 1.25 bits per heavy atom. The van der Waals surface area contributed by atoms with E-state index in [0.29, 0.717) is 17.0 Å². The highest BCUT2D eigenvalue weighted by Gasteiger charge is 2.14. The minimum absolute atomic E-state index is 0.0107. The molecule has 0 unspecified atom stereocenters. The topological polar surface area (TPSA) is 43.1 Å². The summed E-state index contributed by atoms with van der Waals surface area (Å²) in [6, 6.07) is 11.2. The third-order valence-electron chi connectivity index (χ3n) is 2.89. The number of fused-ring (bicyclic) bond motifs is 1. The van der Waals surface area contributed by atoms with Crippen LogP contribution in [0, 0.1) is 5.82 Å². The van der Waals surface area contributed by atoms with Gasteiger partial charge in [-0.3, -0.25) is 4.79 Å². The summed E-state index contributed by atoms with van der Waals surface area (Å²) in [6.07, 6.45) is -0.0181. The number of carbonyl (C=O) groups excluding carboxylic acids is 1. The van der Waals surface area contributed by atoms with Gasteiger partial charge in [-0.2, -0.15) is 0 Å². The van der Waals surface area contributed by atoms with Crippen molar-refractivity contribution in [2.75, 3.05) is 0 Å². The molecule has 3 aromatic rings. The van der Waals surface area contributed by atoms with Gasteiger partial charge in [0.1, 0.15) is 11.3 Å². The van der Waals surface area contributed by atoms with Crippen LogP contribution in [-0.2, 0) is 6.42 Å². The van der Waals surface area contributed by atoms with Crippen LogP contribution in [0.5, 0.6) is 0 Å². The number of Topliss-reactive ketones (excluding diaryl/α,β-unsaturated/α-hetero) is 1. The first-order chi connectivity index (χ1) is 9.63. The second-order valence-corrected chi connectivity index (χ2v) is 4.71. The molecule has 0 radical (unpaired) electrons. The Balaban J connectivity index is 1.86. The Kier molecular flexibility index (Phi) is 3.24. The van der Waals surface area contributed by atoms with Gasteiger partial charge in [-0.05, 0) is 30.3 Å². The molecule has 100 valence electrons. The van der Waals surface area contributed by atoms with Gasteiger partial charge in [0.05, 0.1) is 11.4 Å². The van der Waals surface area contributed by atoms with Crippen LogP contribution in [-0.4, -0.2) is 10.8 Å². The maximum Gasteiger partial charge on any atom is 0.203 e. The minimum Gasteiger partial charge on any atom is -0.440 e. The molecule has 0 aliphatic rings. The number of aromatic nitrogens is 1. The summed E-state index contributed by atoms with van der Waals surface area (Å²) in [7, 11) is 0. The molecule has 0 aliphatic heterocycles. The molecule has 3 rings (SSSR count). The summed E-state index contributed by atoms with van der Waals surface area (Å²) in [5.74, 6) is -0.575. The Morgan fingerprint density at radius 2 is 2.05 bits per heavy atom. The Hall–Kier alpha value is -2.20. The number of hydrogen-bond donors (Lipinski definition) is 0. The summed E-state index contributed by atoms with van der Waals surface area (Å²) in [5, 5.41) is -0.0107. The van der Waals surface area contributed by atoms with Crippen molar-refractivity contribution in [2.45, 2.75) is 6.42 Å². The van der Waals surface area contributed by atoms with E-state index in [1.54, 1.807) is 12.1 Å². The zero-order chi connectivity index (χ0) is 14.1. The van der Waals surface area contributed by atoms with Gasteiger partial charge in [-0.25, -0.2) is 9.37 Å². The van der Waals surface area contributed by atoms with Crippen molar-refractivity contribution in [1.29, 1.82) is 0 Å². The quantitative estimate of drug-likeness (QED) is 0.683. The van der Waals surface area contributed by atoms with Crippen molar-refractivity contribution in [2.24, 2.45) is 0 Å². The lowest BCUT2D eigenvalue weighted by atomic mass is 10.1. The lowest BCUT2D eigenvalue weighted by Crippen LogP contribution is -2.04. The monoisotopic (exact) mass is 289 g/mol. The lowest BCUT2D eigenvalue weighted by molar-refractivity contribution is 0.0985. The molecule has 5 heteroatoms. The van der Waals surface area contributed by atoms with E-state index >= 15 is 0 Å². The highest BCUT2D eigenvalue weighted by atomic mass is 35.5. The maximum absolute atomic E-state index is 13.3. The third-order valence-corrected chi connectivity index (χ3v) is 3.20. The number of nitrogens with zero attached hydrogens (tertiary/aromatic N) is 1. The highest BCUT2D eigenvalue weighted by molar-refractivity contribution is 6.30. The predicted octanol–water partition coefficient (Wildman–Crippen LogP) is 4.05. The molecule has 2 aromatic carbocycles. The summed E-state index contributed by atoms with van der Waals surface area (Å²) < 4.78 is 18.8. The summed E-state index contributed by atoms with van der Waals surface area (Å²) in [5.41, 5.74) is 1.56. The van der Waals surface area contributed by atoms with Gasteiger partial charge in [-0.15, -0.1) is 0 Å². The van der Waals surface area contributed by atoms with E-state index in [2.05, 4.69) is 4.98 Å². The van der Waals surface area contributed by atoms with Gasteiger partial charge in [0, 0.05) is 5.56 Å². The molecule has 1 aromatic heterocycles. The average molecular weight is 290 g/mol. The molecule has 0 atom stereocenters. The fourth-order valence-electron chi connectivity index (χ4n) is 1.90. The molecule has 0 N–H and O–H groups in total. The summed E-state index contributed by atoms with van der Waals surface area (Å²) in [4.78, 5) is 16.3. The van der Waals surface area contributed by atoms with E-state index in [4.69, 9.17) is 16.0 Å². The largest absolute Gasteiger partial charge is 0.440 e. The van der Waals surface area contributed by atoms with Gasteiger partial charge < -0.3 is 4.42 Å². The molecular formula is C15H9ClFNO2. The van der Waals surface area contributed by atoms with Crippen LogP contribution in [0.2, 0.25) is 5.02 Å². The molecular weight excluding hydrogens is 281 g/mol. The van der Waals surface area contributed by atoms with E-state index < -0.39 is 5.82 Å². The molecule has 0 amide bonds. The van der Waals surface area contributed by atoms with Gasteiger partial charge >= 0.3 is 0 Å². The first-order valence-corrected chi connectivity index (χ1v) is 6.34. The Bertz CT molecular complexity index is 764. The van der Waals surface area contributed by atoms with Crippen LogP contribution in [0.3, 0.4) is 0 Å². The SMILES string of the molecule is O=C(Cc1nc2ccccc2o1)c1ccc(Cl)c(F)c1. The normalized spacial score (nSPS) is 10.9. The van der Waals surface area contributed by atoms with E-state index in [1.165, 1.54) is 12.1 Å². The Labute approximate surface area is 119 Å². The molecule has 0 saturated carbocycles. The molecule has 0 bridgehead atoms. The number of benzene rings is 2. The standard InChI is InChI=1S/C15H9ClFNO2/c16-10-6-5-9(7-11(10)17)13(19)8-15-18-12-3-1-2-4-14(12)20-15/h1-7H,8H2. The van der Waals surface area contributed by atoms with E-state index in [1.807, 2.05) is 12.1 Å². The second kappa shape index (κ2) is 5.06. The van der Waals surface area contributed by atoms with E-state index in [0.717, 1.165) is 6.07 Å². The van der Waals surface area contributed by atoms with Gasteiger partial charge in [-0.1, -0.05) is 23.7 Å². The van der Waals surface area contributed by atoms with Crippen molar-refractivity contribution in [3.63, 3.8) is 0 Å². The van der Waals surface area contributed by atoms with Crippen molar-refractivity contribution in [3.05, 3.63) is 64.8 Å². The summed E-state index contributed by atoms with van der Waals surface area (Å²) >= 11 is 5.58. The molecule has 20 heavy (non-hydrogen) atoms. The first-order valence-electron chi connectivity index (χ1n) is 5.96. The number of rotatable bonds is 3. The molecule has 0 aliphatic carbocycles. The van der Waals surface area contributed by atoms with Crippen LogP contribution in [0.25, 0.3) is 11.1 Å². The molecule has 3 nitrogen and oxygen atoms in total. The van der Waals surface area contributed by atoms with E-state index in [-0.39, 0.29) is 22.8 Å². The number of halogens is 2. The summed E-state index contributed by atoms with van der Waals surface area (Å²) in [6.45, 7) is 0. The maximum atomic E-state index is 13.3. The molecule has 0 fully saturated rings. The van der Waals surface area contributed by atoms with Crippen molar-refractivity contribution in [1.82, 2.24) is 4.98 Å². The molecule has 1 heterocycles. The fraction of sp³-hybridized carbons (Fsp3) is 0.0667. The van der Waals surface area contributed by atoms with Crippen molar-refractivity contribution in [3.8, 4) is 0 Å². The number of ketones is 1. The number of carbonyl (C=O) groups is 1. The third kappa shape index (κ3) is 2.42. The van der Waals surface area contributed by atoms with Gasteiger partial charge in [0.25, 0.3) is 0 Å². The molecule has 0 spiro atoms. The highest BCUT2D eigenvalue weighted by Crippen LogP contribution is 2.19. The number of para-hydroxylation sites is 2. The minimum atomic E-state index is -0.616. The van der Waals surface area contributed by atoms with Crippen LogP contribution in [0.15, 0.2) is 46.9 Å². The lowest BCUT2D eigenvalue weighted by Gasteiger charge is -1.99. The second-order valence-electron chi connectivity index (χ2n) is 4.30. The van der Waals surface area contributed by atoms with E-state index in [9.17, 15) is 9.18 Å². The van der Waals surface area contributed by atoms with Crippen molar-refractivity contribution < 1.29 is 13.6 Å². The van der Waals surface area contributed by atoms with Crippen molar-refractivity contribution >= 4 is 28.5 Å². The number of oxazole rings is 1. The first kappa shape index (κ1) is 12.8. The predicted molar refractivity (Wildman–Crippen MR) is 73.5 cm³/mol.